The average molecular weight is 487 g/mol. The molecule has 0 aliphatic carbocycles. The van der Waals surface area contributed by atoms with Gasteiger partial charge in [0.05, 0.1) is 10.3 Å². The van der Waals surface area contributed by atoms with E-state index in [9.17, 15) is 9.59 Å². The molecule has 8 nitrogen and oxygen atoms in total. The monoisotopic (exact) mass is 486 g/mol. The number of anilines is 1. The predicted octanol–water partition coefficient (Wildman–Crippen LogP) is 4.58. The van der Waals surface area contributed by atoms with Gasteiger partial charge in [0.2, 0.25) is 0 Å². The van der Waals surface area contributed by atoms with Crippen LogP contribution in [0.4, 0.5) is 5.13 Å². The Morgan fingerprint density at radius 1 is 1.06 bits per heavy atom. The summed E-state index contributed by atoms with van der Waals surface area (Å²) < 4.78 is 13.1. The minimum atomic E-state index is -0.297. The Hall–Kier alpha value is -2.75. The van der Waals surface area contributed by atoms with Crippen molar-refractivity contribution in [3.63, 3.8) is 0 Å². The van der Waals surface area contributed by atoms with Crippen molar-refractivity contribution in [3.8, 4) is 0 Å². The molecule has 3 aromatic rings. The maximum Gasteiger partial charge on any atom is 0.257 e. The maximum absolute atomic E-state index is 13.3. The number of carbonyl (C=O) groups excluding carboxylic acids is 2. The molecule has 0 aliphatic heterocycles. The quantitative estimate of drug-likeness (QED) is 0.437. The minimum absolute atomic E-state index is 0.0749. The van der Waals surface area contributed by atoms with Crippen LogP contribution in [0.2, 0.25) is 0 Å². The second kappa shape index (κ2) is 11.1. The second-order valence-corrected chi connectivity index (χ2v) is 10.3. The van der Waals surface area contributed by atoms with Crippen molar-refractivity contribution in [2.75, 3.05) is 32.8 Å². The third kappa shape index (κ3) is 6.22. The predicted molar refractivity (Wildman–Crippen MR) is 136 cm³/mol. The Bertz CT molecular complexity index is 1120. The molecule has 2 heterocycles. The van der Waals surface area contributed by atoms with Crippen molar-refractivity contribution < 1.29 is 19.1 Å². The van der Waals surface area contributed by atoms with Crippen LogP contribution in [0.25, 0.3) is 10.3 Å². The Morgan fingerprint density at radius 2 is 1.68 bits per heavy atom. The van der Waals surface area contributed by atoms with Crippen LogP contribution in [0.5, 0.6) is 0 Å². The molecular weight excluding hydrogens is 452 g/mol. The number of ether oxygens (including phenoxy) is 2. The Balaban J connectivity index is 1.90. The molecule has 0 saturated heterocycles. The molecule has 0 saturated carbocycles. The third-order valence-electron chi connectivity index (χ3n) is 5.52. The first-order valence-electron chi connectivity index (χ1n) is 11.3. The van der Waals surface area contributed by atoms with Crippen LogP contribution >= 0.6 is 11.3 Å². The van der Waals surface area contributed by atoms with E-state index in [4.69, 9.17) is 9.47 Å². The Kier molecular flexibility index (Phi) is 8.46. The first kappa shape index (κ1) is 25.9. The topological polar surface area (TPSA) is 94.5 Å². The van der Waals surface area contributed by atoms with Crippen molar-refractivity contribution in [1.82, 2.24) is 14.9 Å². The minimum Gasteiger partial charge on any atom is -0.385 e. The molecule has 9 heteroatoms. The molecule has 34 heavy (non-hydrogen) atoms. The zero-order valence-electron chi connectivity index (χ0n) is 20.7. The van der Waals surface area contributed by atoms with Gasteiger partial charge in [-0.05, 0) is 52.7 Å². The summed E-state index contributed by atoms with van der Waals surface area (Å²) in [6, 6.07) is 7.28. The highest BCUT2D eigenvalue weighted by atomic mass is 32.1. The molecule has 0 atom stereocenters. The standard InChI is InChI=1S/C25H34N4O4S/c1-16-7-9-17(10-8-16)22(30)28-24-27-21-20(34-24)19(15-29(21)25(2,3)4)23(31)26-18(11-13-32-5)12-14-33-6/h7-10,15,18H,11-14H2,1-6H3,(H,26,31)(H,27,28,30). The first-order chi connectivity index (χ1) is 16.1. The summed E-state index contributed by atoms with van der Waals surface area (Å²) in [5.74, 6) is -0.408. The molecule has 184 valence electrons. The van der Waals surface area contributed by atoms with Crippen LogP contribution in [-0.4, -0.2) is 54.8 Å². The van der Waals surface area contributed by atoms with E-state index in [0.29, 0.717) is 48.0 Å². The number of nitrogens with zero attached hydrogens (tertiary/aromatic N) is 2. The normalized spacial score (nSPS) is 11.9. The number of thiazole rings is 1. The summed E-state index contributed by atoms with van der Waals surface area (Å²) in [6.07, 6.45) is 3.23. The van der Waals surface area contributed by atoms with Gasteiger partial charge >= 0.3 is 0 Å². The van der Waals surface area contributed by atoms with Crippen molar-refractivity contribution in [3.05, 3.63) is 47.2 Å². The lowest BCUT2D eigenvalue weighted by molar-refractivity contribution is 0.0908. The second-order valence-electron chi connectivity index (χ2n) is 9.31. The smallest absolute Gasteiger partial charge is 0.257 e. The van der Waals surface area contributed by atoms with Gasteiger partial charge in [-0.15, -0.1) is 0 Å². The van der Waals surface area contributed by atoms with Crippen LogP contribution in [0.3, 0.4) is 0 Å². The largest absolute Gasteiger partial charge is 0.385 e. The van der Waals surface area contributed by atoms with E-state index in [-0.39, 0.29) is 23.4 Å². The van der Waals surface area contributed by atoms with Gasteiger partial charge in [0.1, 0.15) is 0 Å². The molecule has 0 aliphatic rings. The zero-order valence-corrected chi connectivity index (χ0v) is 21.5. The van der Waals surface area contributed by atoms with E-state index in [1.807, 2.05) is 29.8 Å². The number of carbonyl (C=O) groups is 2. The van der Waals surface area contributed by atoms with E-state index < -0.39 is 0 Å². The van der Waals surface area contributed by atoms with Crippen LogP contribution < -0.4 is 10.6 Å². The van der Waals surface area contributed by atoms with Gasteiger partial charge in [0.25, 0.3) is 11.8 Å². The maximum atomic E-state index is 13.3. The van der Waals surface area contributed by atoms with E-state index in [0.717, 1.165) is 10.3 Å². The van der Waals surface area contributed by atoms with Crippen molar-refractivity contribution >= 4 is 38.6 Å². The molecule has 2 aromatic heterocycles. The number of fused-ring (bicyclic) bond motifs is 1. The van der Waals surface area contributed by atoms with Gasteiger partial charge in [-0.25, -0.2) is 4.98 Å². The molecule has 1 aromatic carbocycles. The number of rotatable bonds is 10. The fourth-order valence-electron chi connectivity index (χ4n) is 3.57. The lowest BCUT2D eigenvalue weighted by Gasteiger charge is -2.21. The number of nitrogens with one attached hydrogen (secondary N) is 2. The summed E-state index contributed by atoms with van der Waals surface area (Å²) in [7, 11) is 3.29. The zero-order chi connectivity index (χ0) is 24.9. The summed E-state index contributed by atoms with van der Waals surface area (Å²) in [6.45, 7) is 9.22. The summed E-state index contributed by atoms with van der Waals surface area (Å²) in [5.41, 5.74) is 2.56. The number of methoxy groups -OCH3 is 2. The van der Waals surface area contributed by atoms with Crippen LogP contribution in [-0.2, 0) is 15.0 Å². The highest BCUT2D eigenvalue weighted by molar-refractivity contribution is 7.22. The van der Waals surface area contributed by atoms with E-state index in [2.05, 4.69) is 36.4 Å². The number of aryl methyl sites for hydroxylation is 1. The van der Waals surface area contributed by atoms with Crippen LogP contribution in [0, 0.1) is 6.92 Å². The third-order valence-corrected chi connectivity index (χ3v) is 6.51. The van der Waals surface area contributed by atoms with Gasteiger partial charge in [0, 0.05) is 50.8 Å². The molecular formula is C25H34N4O4S. The van der Waals surface area contributed by atoms with E-state index in [1.165, 1.54) is 11.3 Å². The molecule has 0 fully saturated rings. The fraction of sp³-hybridized carbons (Fsp3) is 0.480. The number of amides is 2. The van der Waals surface area contributed by atoms with Crippen molar-refractivity contribution in [1.29, 1.82) is 0 Å². The molecule has 2 amide bonds. The van der Waals surface area contributed by atoms with Gasteiger partial charge < -0.3 is 19.4 Å². The highest BCUT2D eigenvalue weighted by Crippen LogP contribution is 2.34. The van der Waals surface area contributed by atoms with Gasteiger partial charge in [0.15, 0.2) is 10.8 Å². The molecule has 0 spiro atoms. The molecule has 0 radical (unpaired) electrons. The number of aromatic nitrogens is 2. The Morgan fingerprint density at radius 3 is 2.24 bits per heavy atom. The summed E-state index contributed by atoms with van der Waals surface area (Å²) in [5, 5.41) is 6.46. The molecule has 0 unspecified atom stereocenters. The lowest BCUT2D eigenvalue weighted by atomic mass is 10.1. The molecule has 2 N–H and O–H groups in total. The van der Waals surface area contributed by atoms with E-state index in [1.54, 1.807) is 26.4 Å². The summed E-state index contributed by atoms with van der Waals surface area (Å²) in [4.78, 5) is 30.7. The van der Waals surface area contributed by atoms with Gasteiger partial charge in [-0.1, -0.05) is 29.0 Å². The Labute approximate surface area is 204 Å². The van der Waals surface area contributed by atoms with Crippen molar-refractivity contribution in [2.45, 2.75) is 52.1 Å². The average Bonchev–Trinajstić information content (AvgIpc) is 3.34. The fourth-order valence-corrected chi connectivity index (χ4v) is 4.53. The molecule has 0 bridgehead atoms. The van der Waals surface area contributed by atoms with Gasteiger partial charge in [-0.3, -0.25) is 14.9 Å². The SMILES string of the molecule is COCCC(CCOC)NC(=O)c1cn(C(C)(C)C)c2nc(NC(=O)c3ccc(C)cc3)sc12. The number of hydrogen-bond donors (Lipinski definition) is 2. The van der Waals surface area contributed by atoms with Gasteiger partial charge in [-0.2, -0.15) is 0 Å². The van der Waals surface area contributed by atoms with Crippen LogP contribution in [0.15, 0.2) is 30.5 Å². The van der Waals surface area contributed by atoms with E-state index >= 15 is 0 Å². The van der Waals surface area contributed by atoms with Crippen LogP contribution in [0.1, 0.15) is 59.9 Å². The number of benzene rings is 1. The van der Waals surface area contributed by atoms with Crippen molar-refractivity contribution in [2.24, 2.45) is 0 Å². The first-order valence-corrected chi connectivity index (χ1v) is 12.1. The summed E-state index contributed by atoms with van der Waals surface area (Å²) >= 11 is 1.30. The number of hydrogen-bond acceptors (Lipinski definition) is 6. The highest BCUT2D eigenvalue weighted by Gasteiger charge is 2.26. The molecule has 3 rings (SSSR count). The lowest BCUT2D eigenvalue weighted by Crippen LogP contribution is -2.36.